The zero-order valence-corrected chi connectivity index (χ0v) is 23.1. The number of benzene rings is 1. The molecule has 11 atom stereocenters. The van der Waals surface area contributed by atoms with E-state index >= 15 is 0 Å². The van der Waals surface area contributed by atoms with E-state index < -0.39 is 93.8 Å². The van der Waals surface area contributed by atoms with Gasteiger partial charge in [-0.3, -0.25) is 14.4 Å². The van der Waals surface area contributed by atoms with E-state index in [1.807, 2.05) is 0 Å². The van der Waals surface area contributed by atoms with Crippen molar-refractivity contribution in [3.63, 3.8) is 0 Å². The molecule has 4 N–H and O–H groups in total. The van der Waals surface area contributed by atoms with Crippen LogP contribution in [0, 0.1) is 28.6 Å². The second-order valence-corrected chi connectivity index (χ2v) is 12.5. The van der Waals surface area contributed by atoms with Gasteiger partial charge in [0.15, 0.2) is 22.8 Å². The van der Waals surface area contributed by atoms with Crippen molar-refractivity contribution in [3.8, 4) is 0 Å². The molecule has 5 rings (SSSR count). The molecule has 40 heavy (non-hydrogen) atoms. The van der Waals surface area contributed by atoms with Crippen LogP contribution in [0.15, 0.2) is 30.3 Å². The number of Topliss-reactive ketones (excluding diaryl/α,β-unsaturated/α-hetero) is 2. The van der Waals surface area contributed by atoms with Gasteiger partial charge in [0.05, 0.1) is 29.6 Å². The highest BCUT2D eigenvalue weighted by atomic mass is 16.6. The largest absolute Gasteiger partial charge is 0.455 e. The van der Waals surface area contributed by atoms with Gasteiger partial charge in [0.1, 0.15) is 24.4 Å². The molecule has 11 nitrogen and oxygen atoms in total. The number of aliphatic hydroxyl groups is 4. The molecule has 4 aliphatic rings. The minimum Gasteiger partial charge on any atom is -0.455 e. The van der Waals surface area contributed by atoms with Gasteiger partial charge in [-0.1, -0.05) is 39.0 Å². The number of carbonyl (C=O) groups is 4. The van der Waals surface area contributed by atoms with Crippen molar-refractivity contribution < 1.29 is 53.8 Å². The lowest BCUT2D eigenvalue weighted by atomic mass is 9.42. The van der Waals surface area contributed by atoms with Crippen LogP contribution in [0.5, 0.6) is 0 Å². The SMILES string of the molecule is CC(=O)O[C@@]12CO[C@@H]1CC(O)[C@@]1(C)C(=O)[C@H](O)C3C(C)[C@@H](O)C(=O)[C@@](O)([C@@H](OC(=O)c4ccccc4)C12)C3(C)C. The van der Waals surface area contributed by atoms with Gasteiger partial charge in [0.25, 0.3) is 0 Å². The van der Waals surface area contributed by atoms with E-state index in [4.69, 9.17) is 14.2 Å². The van der Waals surface area contributed by atoms with Crippen molar-refractivity contribution in [2.75, 3.05) is 6.61 Å². The number of carbonyl (C=O) groups excluding carboxylic acids is 4. The molecule has 3 aliphatic carbocycles. The van der Waals surface area contributed by atoms with E-state index in [1.165, 1.54) is 39.8 Å². The van der Waals surface area contributed by atoms with Crippen molar-refractivity contribution in [1.29, 1.82) is 0 Å². The third-order valence-corrected chi connectivity index (χ3v) is 10.3. The average Bonchev–Trinajstić information content (AvgIpc) is 2.90. The summed E-state index contributed by atoms with van der Waals surface area (Å²) in [6.07, 6.45) is -8.17. The molecule has 1 aromatic carbocycles. The number of rotatable bonds is 3. The number of hydrogen-bond acceptors (Lipinski definition) is 11. The van der Waals surface area contributed by atoms with E-state index in [-0.39, 0.29) is 18.6 Å². The van der Waals surface area contributed by atoms with Crippen molar-refractivity contribution in [3.05, 3.63) is 35.9 Å². The lowest BCUT2D eigenvalue weighted by Gasteiger charge is -2.68. The summed E-state index contributed by atoms with van der Waals surface area (Å²) < 4.78 is 17.5. The molecule has 0 aromatic heterocycles. The van der Waals surface area contributed by atoms with Gasteiger partial charge in [0.2, 0.25) is 0 Å². The van der Waals surface area contributed by atoms with E-state index in [0.717, 1.165) is 6.92 Å². The number of ether oxygens (including phenoxy) is 3. The molecule has 218 valence electrons. The summed E-state index contributed by atoms with van der Waals surface area (Å²) in [6, 6.07) is 7.78. The van der Waals surface area contributed by atoms with Crippen LogP contribution in [-0.2, 0) is 28.6 Å². The van der Waals surface area contributed by atoms with Crippen molar-refractivity contribution in [2.24, 2.45) is 28.6 Å². The highest BCUT2D eigenvalue weighted by molar-refractivity contribution is 5.98. The van der Waals surface area contributed by atoms with Gasteiger partial charge >= 0.3 is 11.9 Å². The minimum absolute atomic E-state index is 0.0760. The summed E-state index contributed by atoms with van der Waals surface area (Å²) in [5, 5.41) is 46.7. The molecule has 4 unspecified atom stereocenters. The Hall–Kier alpha value is -2.70. The van der Waals surface area contributed by atoms with Crippen LogP contribution in [0.3, 0.4) is 0 Å². The fraction of sp³-hybridized carbons (Fsp3) is 0.655. The van der Waals surface area contributed by atoms with Crippen LogP contribution in [0.4, 0.5) is 0 Å². The van der Waals surface area contributed by atoms with Gasteiger partial charge in [-0.25, -0.2) is 4.79 Å². The molecule has 0 amide bonds. The van der Waals surface area contributed by atoms with Crippen LogP contribution in [-0.4, -0.2) is 92.3 Å². The standard InChI is InChI=1S/C29H36O11/c1-13-18-20(33)22(34)27(5)16(31)11-17-28(12-38-17,40-14(2)30)21(27)24(39-25(36)15-9-7-6-8-10-15)29(37,26(18,3)4)23(35)19(13)32/h6-10,13,16-21,24,31-33,37H,11-12H2,1-5H3/t13?,16?,17-,18?,19-,20-,21?,24+,27-,28+,29-/m1/s1. The van der Waals surface area contributed by atoms with Crippen LogP contribution in [0.1, 0.15) is 51.4 Å². The summed E-state index contributed by atoms with van der Waals surface area (Å²) in [4.78, 5) is 54.3. The Morgan fingerprint density at radius 3 is 2.17 bits per heavy atom. The number of fused-ring (bicyclic) bond motifs is 5. The van der Waals surface area contributed by atoms with Gasteiger partial charge in [0, 0.05) is 24.7 Å². The average molecular weight is 561 g/mol. The second kappa shape index (κ2) is 9.15. The van der Waals surface area contributed by atoms with Crippen LogP contribution >= 0.6 is 0 Å². The van der Waals surface area contributed by atoms with E-state index in [1.54, 1.807) is 18.2 Å². The first-order valence-corrected chi connectivity index (χ1v) is 13.5. The van der Waals surface area contributed by atoms with Crippen molar-refractivity contribution in [1.82, 2.24) is 0 Å². The topological polar surface area (TPSA) is 177 Å². The zero-order chi connectivity index (χ0) is 29.6. The van der Waals surface area contributed by atoms with Gasteiger partial charge in [-0.05, 0) is 25.0 Å². The maximum absolute atomic E-state index is 14.3. The quantitative estimate of drug-likeness (QED) is 0.371. The highest BCUT2D eigenvalue weighted by Gasteiger charge is 2.80. The molecule has 0 radical (unpaired) electrons. The normalized spacial score (nSPS) is 45.6. The zero-order valence-electron chi connectivity index (χ0n) is 23.1. The summed E-state index contributed by atoms with van der Waals surface area (Å²) in [5.41, 5.74) is -7.94. The van der Waals surface area contributed by atoms with Gasteiger partial charge in [-0.2, -0.15) is 0 Å². The third kappa shape index (κ3) is 3.48. The summed E-state index contributed by atoms with van der Waals surface area (Å²) >= 11 is 0. The Bertz CT molecular complexity index is 1250. The molecule has 11 heteroatoms. The molecule has 1 saturated heterocycles. The molecule has 3 saturated carbocycles. The lowest BCUT2D eigenvalue weighted by molar-refractivity contribution is -0.348. The summed E-state index contributed by atoms with van der Waals surface area (Å²) in [5.74, 6) is -7.31. The molecular weight excluding hydrogens is 524 g/mol. The van der Waals surface area contributed by atoms with Crippen LogP contribution < -0.4 is 0 Å². The molecule has 1 heterocycles. The number of esters is 2. The molecule has 2 bridgehead atoms. The fourth-order valence-corrected chi connectivity index (χ4v) is 8.11. The highest BCUT2D eigenvalue weighted by Crippen LogP contribution is 2.64. The van der Waals surface area contributed by atoms with E-state index in [2.05, 4.69) is 0 Å². The first-order chi connectivity index (χ1) is 18.6. The van der Waals surface area contributed by atoms with Gasteiger partial charge < -0.3 is 34.6 Å². The molecule has 1 aromatic rings. The molecule has 4 fully saturated rings. The maximum atomic E-state index is 14.3. The van der Waals surface area contributed by atoms with Crippen molar-refractivity contribution in [2.45, 2.75) is 82.8 Å². The molecule has 0 spiro atoms. The molecule has 1 aliphatic heterocycles. The monoisotopic (exact) mass is 560 g/mol. The fourth-order valence-electron chi connectivity index (χ4n) is 8.11. The summed E-state index contributed by atoms with van der Waals surface area (Å²) in [7, 11) is 0. The smallest absolute Gasteiger partial charge is 0.338 e. The van der Waals surface area contributed by atoms with Crippen molar-refractivity contribution >= 4 is 23.5 Å². The Morgan fingerprint density at radius 1 is 1.00 bits per heavy atom. The van der Waals surface area contributed by atoms with Crippen LogP contribution in [0.25, 0.3) is 0 Å². The second-order valence-electron chi connectivity index (χ2n) is 12.5. The van der Waals surface area contributed by atoms with E-state index in [0.29, 0.717) is 0 Å². The van der Waals surface area contributed by atoms with Gasteiger partial charge in [-0.15, -0.1) is 0 Å². The minimum atomic E-state index is -2.69. The predicted octanol–water partition coefficient (Wildman–Crippen LogP) is 0.197. The first-order valence-electron chi connectivity index (χ1n) is 13.5. The number of ketones is 2. The Labute approximate surface area is 231 Å². The first kappa shape index (κ1) is 28.8. The number of hydrogen-bond donors (Lipinski definition) is 4. The van der Waals surface area contributed by atoms with E-state index in [9.17, 15) is 39.6 Å². The number of aliphatic hydroxyl groups excluding tert-OH is 3. The predicted molar refractivity (Wildman–Crippen MR) is 136 cm³/mol. The third-order valence-electron chi connectivity index (χ3n) is 10.3. The van der Waals surface area contributed by atoms with Crippen LogP contribution in [0.2, 0.25) is 0 Å². The Kier molecular flexibility index (Phi) is 6.59. The Morgan fingerprint density at radius 2 is 1.62 bits per heavy atom. The Balaban J connectivity index is 1.83. The molecular formula is C29H36O11. The lowest BCUT2D eigenvalue weighted by Crippen LogP contribution is -2.84. The maximum Gasteiger partial charge on any atom is 0.338 e. The summed E-state index contributed by atoms with van der Waals surface area (Å²) in [6.45, 7) is 6.65.